The molecule has 1 fully saturated rings. The monoisotopic (exact) mass is 327 g/mol. The van der Waals surface area contributed by atoms with Gasteiger partial charge in [0.15, 0.2) is 0 Å². The summed E-state index contributed by atoms with van der Waals surface area (Å²) in [7, 11) is -3.76. The van der Waals surface area contributed by atoms with Crippen molar-refractivity contribution in [3.05, 3.63) is 33.4 Å². The first kappa shape index (κ1) is 16.9. The molecule has 0 spiro atoms. The second-order valence-corrected chi connectivity index (χ2v) is 7.60. The summed E-state index contributed by atoms with van der Waals surface area (Å²) in [5.41, 5.74) is 0.963. The third-order valence-corrected chi connectivity index (χ3v) is 6.49. The van der Waals surface area contributed by atoms with E-state index in [1.54, 1.807) is 13.8 Å². The first-order chi connectivity index (χ1) is 10.2. The minimum atomic E-state index is -3.76. The van der Waals surface area contributed by atoms with Gasteiger partial charge in [-0.15, -0.1) is 0 Å². The molecule has 0 saturated carbocycles. The maximum atomic E-state index is 13.0. The van der Waals surface area contributed by atoms with Crippen LogP contribution < -0.4 is 5.32 Å². The molecule has 1 aliphatic heterocycles. The molecule has 0 bridgehead atoms. The summed E-state index contributed by atoms with van der Waals surface area (Å²) < 4.78 is 27.4. The van der Waals surface area contributed by atoms with Crippen molar-refractivity contribution >= 4 is 15.7 Å². The molecule has 2 unspecified atom stereocenters. The molecule has 0 aliphatic carbocycles. The number of sulfonamides is 1. The fourth-order valence-electron chi connectivity index (χ4n) is 2.67. The average molecular weight is 327 g/mol. The van der Waals surface area contributed by atoms with Crippen molar-refractivity contribution in [2.45, 2.75) is 44.7 Å². The number of nitro benzene ring substituents is 1. The summed E-state index contributed by atoms with van der Waals surface area (Å²) in [6, 6.07) is 2.39. The van der Waals surface area contributed by atoms with Crippen LogP contribution in [-0.4, -0.2) is 42.8 Å². The Bertz CT molecular complexity index is 702. The maximum absolute atomic E-state index is 13.0. The lowest BCUT2D eigenvalue weighted by Crippen LogP contribution is -2.57. The highest BCUT2D eigenvalue weighted by Gasteiger charge is 2.36. The average Bonchev–Trinajstić information content (AvgIpc) is 2.43. The Morgan fingerprint density at radius 2 is 1.95 bits per heavy atom. The summed E-state index contributed by atoms with van der Waals surface area (Å²) in [6.07, 6.45) is 0. The number of non-ortho nitro benzene ring substituents is 1. The summed E-state index contributed by atoms with van der Waals surface area (Å²) in [6.45, 7) is 8.06. The molecule has 2 rings (SSSR count). The van der Waals surface area contributed by atoms with E-state index in [2.05, 4.69) is 5.32 Å². The smallest absolute Gasteiger partial charge is 0.271 e. The van der Waals surface area contributed by atoms with Crippen LogP contribution in [0, 0.1) is 24.0 Å². The lowest BCUT2D eigenvalue weighted by Gasteiger charge is -2.37. The van der Waals surface area contributed by atoms with Gasteiger partial charge in [-0.25, -0.2) is 8.42 Å². The van der Waals surface area contributed by atoms with Crippen LogP contribution >= 0.6 is 0 Å². The molecule has 1 aromatic carbocycles. The normalized spacial score (nSPS) is 23.5. The number of rotatable bonds is 3. The van der Waals surface area contributed by atoms with Crippen LogP contribution in [0.1, 0.15) is 25.0 Å². The second-order valence-electron chi connectivity index (χ2n) is 5.74. The molecule has 8 heteroatoms. The van der Waals surface area contributed by atoms with Crippen LogP contribution in [0.2, 0.25) is 0 Å². The predicted octanol–water partition coefficient (Wildman–Crippen LogP) is 1.58. The number of hydrogen-bond donors (Lipinski definition) is 1. The third-order valence-electron chi connectivity index (χ3n) is 4.38. The number of piperazine rings is 1. The van der Waals surface area contributed by atoms with E-state index in [9.17, 15) is 18.5 Å². The molecule has 0 amide bonds. The molecule has 1 aromatic rings. The number of hydrogen-bond acceptors (Lipinski definition) is 5. The van der Waals surface area contributed by atoms with Gasteiger partial charge in [-0.1, -0.05) is 0 Å². The molecule has 1 heterocycles. The van der Waals surface area contributed by atoms with Gasteiger partial charge in [0.25, 0.3) is 5.69 Å². The largest absolute Gasteiger partial charge is 0.311 e. The van der Waals surface area contributed by atoms with Crippen LogP contribution in [0.25, 0.3) is 0 Å². The molecule has 122 valence electrons. The van der Waals surface area contributed by atoms with E-state index in [1.165, 1.54) is 10.4 Å². The third kappa shape index (κ3) is 2.86. The van der Waals surface area contributed by atoms with Gasteiger partial charge in [0.05, 0.1) is 9.82 Å². The summed E-state index contributed by atoms with van der Waals surface area (Å²) in [5, 5.41) is 14.2. The van der Waals surface area contributed by atoms with Gasteiger partial charge in [0.2, 0.25) is 10.0 Å². The summed E-state index contributed by atoms with van der Waals surface area (Å²) in [5.74, 6) is 0. The van der Waals surface area contributed by atoms with Crippen LogP contribution in [0.4, 0.5) is 5.69 Å². The Morgan fingerprint density at radius 1 is 1.32 bits per heavy atom. The van der Waals surface area contributed by atoms with Crippen molar-refractivity contribution in [2.24, 2.45) is 0 Å². The van der Waals surface area contributed by atoms with E-state index >= 15 is 0 Å². The van der Waals surface area contributed by atoms with Crippen LogP contribution in [-0.2, 0) is 10.0 Å². The fourth-order valence-corrected chi connectivity index (χ4v) is 4.70. The highest BCUT2D eigenvalue weighted by atomic mass is 32.2. The molecule has 0 radical (unpaired) electrons. The topological polar surface area (TPSA) is 92.5 Å². The van der Waals surface area contributed by atoms with Gasteiger partial charge >= 0.3 is 0 Å². The first-order valence-electron chi connectivity index (χ1n) is 7.17. The Morgan fingerprint density at radius 3 is 2.55 bits per heavy atom. The Kier molecular flexibility index (Phi) is 4.55. The SMILES string of the molecule is Cc1cc([N+](=O)[O-])cc(S(=O)(=O)N2CCNC(C)C2C)c1C. The van der Waals surface area contributed by atoms with E-state index in [1.807, 2.05) is 13.8 Å². The van der Waals surface area contributed by atoms with Crippen molar-refractivity contribution in [3.63, 3.8) is 0 Å². The highest BCUT2D eigenvalue weighted by Crippen LogP contribution is 2.29. The van der Waals surface area contributed by atoms with Crippen molar-refractivity contribution < 1.29 is 13.3 Å². The highest BCUT2D eigenvalue weighted by molar-refractivity contribution is 7.89. The molecule has 0 aromatic heterocycles. The summed E-state index contributed by atoms with van der Waals surface area (Å²) in [4.78, 5) is 10.5. The van der Waals surface area contributed by atoms with E-state index < -0.39 is 14.9 Å². The van der Waals surface area contributed by atoms with Gasteiger partial charge in [0, 0.05) is 37.3 Å². The molecular formula is C14H21N3O4S. The Hall–Kier alpha value is -1.51. The minimum Gasteiger partial charge on any atom is -0.311 e. The lowest BCUT2D eigenvalue weighted by molar-refractivity contribution is -0.385. The van der Waals surface area contributed by atoms with E-state index in [0.29, 0.717) is 24.2 Å². The van der Waals surface area contributed by atoms with Crippen LogP contribution in [0.15, 0.2) is 17.0 Å². The Balaban J connectivity index is 2.56. The van der Waals surface area contributed by atoms with Crippen LogP contribution in [0.3, 0.4) is 0 Å². The molecular weight excluding hydrogens is 306 g/mol. The van der Waals surface area contributed by atoms with Gasteiger partial charge in [0.1, 0.15) is 0 Å². The van der Waals surface area contributed by atoms with Crippen molar-refractivity contribution in [2.75, 3.05) is 13.1 Å². The van der Waals surface area contributed by atoms with Gasteiger partial charge in [-0.3, -0.25) is 10.1 Å². The molecule has 1 N–H and O–H groups in total. The molecule has 1 aliphatic rings. The van der Waals surface area contributed by atoms with Gasteiger partial charge in [-0.2, -0.15) is 4.31 Å². The zero-order valence-corrected chi connectivity index (χ0v) is 14.0. The Labute approximate surface area is 130 Å². The first-order valence-corrected chi connectivity index (χ1v) is 8.61. The van der Waals surface area contributed by atoms with Gasteiger partial charge < -0.3 is 5.32 Å². The van der Waals surface area contributed by atoms with Crippen LogP contribution in [0.5, 0.6) is 0 Å². The quantitative estimate of drug-likeness (QED) is 0.672. The zero-order chi connectivity index (χ0) is 16.7. The summed E-state index contributed by atoms with van der Waals surface area (Å²) >= 11 is 0. The minimum absolute atomic E-state index is 0.0279. The number of aryl methyl sites for hydroxylation is 1. The van der Waals surface area contributed by atoms with Gasteiger partial charge in [-0.05, 0) is 38.8 Å². The van der Waals surface area contributed by atoms with Crippen molar-refractivity contribution in [1.29, 1.82) is 0 Å². The number of nitro groups is 1. The second kappa shape index (κ2) is 5.94. The zero-order valence-electron chi connectivity index (χ0n) is 13.2. The number of nitrogens with zero attached hydrogens (tertiary/aromatic N) is 2. The van der Waals surface area contributed by atoms with E-state index in [4.69, 9.17) is 0 Å². The van der Waals surface area contributed by atoms with Crippen molar-refractivity contribution in [1.82, 2.24) is 9.62 Å². The fraction of sp³-hybridized carbons (Fsp3) is 0.571. The van der Waals surface area contributed by atoms with E-state index in [0.717, 1.165) is 6.07 Å². The molecule has 1 saturated heterocycles. The van der Waals surface area contributed by atoms with E-state index in [-0.39, 0.29) is 22.7 Å². The number of benzene rings is 1. The number of nitrogens with one attached hydrogen (secondary N) is 1. The maximum Gasteiger partial charge on any atom is 0.271 e. The predicted molar refractivity (Wildman–Crippen MR) is 83.4 cm³/mol. The molecule has 2 atom stereocenters. The molecule has 7 nitrogen and oxygen atoms in total. The standard InChI is InChI=1S/C14H21N3O4S/c1-9-7-13(17(18)19)8-14(10(9)2)22(20,21)16-6-5-15-11(3)12(16)4/h7-8,11-12,15H,5-6H2,1-4H3. The van der Waals surface area contributed by atoms with Crippen molar-refractivity contribution in [3.8, 4) is 0 Å². The molecule has 22 heavy (non-hydrogen) atoms. The lowest BCUT2D eigenvalue weighted by atomic mass is 10.1.